The summed E-state index contributed by atoms with van der Waals surface area (Å²) in [6, 6.07) is 0. The number of hydrogen-bond donors (Lipinski definition) is 0. The SMILES string of the molecule is C=CC(=O)OCCOCCOCCOCCOCCOCCOCCOCCOCCOCCOCCOCCOC(=O)CCC. The van der Waals surface area contributed by atoms with E-state index in [4.69, 9.17) is 61.6 Å². The van der Waals surface area contributed by atoms with Gasteiger partial charge in [-0.2, -0.15) is 0 Å². The van der Waals surface area contributed by atoms with Crippen molar-refractivity contribution >= 4 is 11.9 Å². The Morgan fingerprint density at radius 1 is 0.391 bits per heavy atom. The third-order valence-electron chi connectivity index (χ3n) is 5.30. The monoisotopic (exact) mass is 670 g/mol. The highest BCUT2D eigenvalue weighted by Crippen LogP contribution is 1.91. The average molecular weight is 671 g/mol. The summed E-state index contributed by atoms with van der Waals surface area (Å²) in [7, 11) is 0. The maximum absolute atomic E-state index is 11.2. The lowest BCUT2D eigenvalue weighted by Crippen LogP contribution is -2.16. The molecule has 0 aromatic carbocycles. The van der Waals surface area contributed by atoms with Crippen molar-refractivity contribution in [3.05, 3.63) is 12.7 Å². The minimum absolute atomic E-state index is 0.192. The van der Waals surface area contributed by atoms with E-state index < -0.39 is 5.97 Å². The summed E-state index contributed by atoms with van der Waals surface area (Å²) in [6.45, 7) is 15.9. The summed E-state index contributed by atoms with van der Waals surface area (Å²) < 4.78 is 69.3. The molecule has 272 valence electrons. The third-order valence-corrected chi connectivity index (χ3v) is 5.30. The predicted octanol–water partition coefficient (Wildman–Crippen LogP) is 1.24. The van der Waals surface area contributed by atoms with E-state index in [0.717, 1.165) is 12.5 Å². The van der Waals surface area contributed by atoms with E-state index in [2.05, 4.69) is 6.58 Å². The number of hydrogen-bond acceptors (Lipinski definition) is 15. The lowest BCUT2D eigenvalue weighted by Gasteiger charge is -2.09. The van der Waals surface area contributed by atoms with Crippen LogP contribution < -0.4 is 0 Å². The second kappa shape index (κ2) is 39.4. The minimum Gasteiger partial charge on any atom is -0.463 e. The first-order chi connectivity index (χ1) is 22.7. The highest BCUT2D eigenvalue weighted by atomic mass is 16.6. The zero-order chi connectivity index (χ0) is 33.4. The molecule has 0 N–H and O–H groups in total. The minimum atomic E-state index is -0.462. The van der Waals surface area contributed by atoms with Crippen LogP contribution in [0.1, 0.15) is 19.8 Å². The zero-order valence-electron chi connectivity index (χ0n) is 27.8. The zero-order valence-corrected chi connectivity index (χ0v) is 27.8. The van der Waals surface area contributed by atoms with E-state index >= 15 is 0 Å². The Morgan fingerprint density at radius 3 is 0.826 bits per heavy atom. The number of carbonyl (C=O) groups is 2. The molecule has 0 aromatic rings. The molecule has 0 saturated heterocycles. The first kappa shape index (κ1) is 44.2. The van der Waals surface area contributed by atoms with Gasteiger partial charge in [-0.05, 0) is 6.42 Å². The van der Waals surface area contributed by atoms with Gasteiger partial charge in [0.25, 0.3) is 0 Å². The molecule has 0 saturated carbocycles. The Bertz CT molecular complexity index is 653. The predicted molar refractivity (Wildman–Crippen MR) is 166 cm³/mol. The molecule has 0 rings (SSSR count). The molecule has 0 spiro atoms. The molecule has 0 heterocycles. The van der Waals surface area contributed by atoms with Gasteiger partial charge in [0, 0.05) is 12.5 Å². The maximum Gasteiger partial charge on any atom is 0.330 e. The molecule has 0 radical (unpaired) electrons. The number of esters is 2. The second-order valence-corrected chi connectivity index (χ2v) is 9.08. The van der Waals surface area contributed by atoms with Gasteiger partial charge in [0.1, 0.15) is 13.2 Å². The number of carbonyl (C=O) groups excluding carboxylic acids is 2. The lowest BCUT2D eigenvalue weighted by molar-refractivity contribution is -0.145. The van der Waals surface area contributed by atoms with Crippen molar-refractivity contribution in [1.82, 2.24) is 0 Å². The average Bonchev–Trinajstić information content (AvgIpc) is 3.06. The van der Waals surface area contributed by atoms with Gasteiger partial charge in [-0.1, -0.05) is 13.5 Å². The van der Waals surface area contributed by atoms with Gasteiger partial charge < -0.3 is 61.6 Å². The first-order valence-electron chi connectivity index (χ1n) is 16.0. The summed E-state index contributed by atoms with van der Waals surface area (Å²) in [5, 5.41) is 0. The fourth-order valence-electron chi connectivity index (χ4n) is 3.05. The molecule has 0 aliphatic heterocycles. The summed E-state index contributed by atoms with van der Waals surface area (Å²) in [5.41, 5.74) is 0. The molecule has 0 aromatic heterocycles. The molecule has 15 heteroatoms. The Hall–Kier alpha value is -1.76. The molecule has 0 atom stereocenters. The Morgan fingerprint density at radius 2 is 0.609 bits per heavy atom. The third kappa shape index (κ3) is 38.4. The van der Waals surface area contributed by atoms with Gasteiger partial charge in [-0.15, -0.1) is 0 Å². The normalized spacial score (nSPS) is 11.2. The summed E-state index contributed by atoms with van der Waals surface area (Å²) >= 11 is 0. The molecular formula is C31H58O15. The van der Waals surface area contributed by atoms with Crippen LogP contribution in [-0.2, 0) is 71.2 Å². The highest BCUT2D eigenvalue weighted by Gasteiger charge is 2.00. The van der Waals surface area contributed by atoms with Gasteiger partial charge in [0.2, 0.25) is 0 Å². The Labute approximate surface area is 274 Å². The van der Waals surface area contributed by atoms with Crippen molar-refractivity contribution in [2.45, 2.75) is 19.8 Å². The van der Waals surface area contributed by atoms with Gasteiger partial charge in [0.15, 0.2) is 0 Å². The number of ether oxygens (including phenoxy) is 13. The fourth-order valence-corrected chi connectivity index (χ4v) is 3.05. The van der Waals surface area contributed by atoms with Crippen molar-refractivity contribution < 1.29 is 71.2 Å². The summed E-state index contributed by atoms with van der Waals surface area (Å²) in [4.78, 5) is 22.0. The van der Waals surface area contributed by atoms with Crippen molar-refractivity contribution in [2.24, 2.45) is 0 Å². The Balaban J connectivity index is 3.07. The van der Waals surface area contributed by atoms with E-state index in [1.54, 1.807) is 0 Å². The van der Waals surface area contributed by atoms with E-state index in [-0.39, 0.29) is 19.2 Å². The van der Waals surface area contributed by atoms with Crippen molar-refractivity contribution in [3.63, 3.8) is 0 Å². The van der Waals surface area contributed by atoms with Crippen molar-refractivity contribution in [3.8, 4) is 0 Å². The standard InChI is InChI=1S/C31H58O15/c1-3-5-31(33)46-29-27-44-25-23-42-21-19-40-17-15-38-13-11-36-9-7-34-6-8-35-10-12-37-14-16-39-18-20-41-22-24-43-26-28-45-30(32)4-2/h4H,2-3,5-29H2,1H3. The lowest BCUT2D eigenvalue weighted by atomic mass is 10.3. The molecule has 0 fully saturated rings. The van der Waals surface area contributed by atoms with Gasteiger partial charge in [-0.3, -0.25) is 4.79 Å². The largest absolute Gasteiger partial charge is 0.463 e. The molecule has 46 heavy (non-hydrogen) atoms. The highest BCUT2D eigenvalue weighted by molar-refractivity contribution is 5.81. The molecular weight excluding hydrogens is 612 g/mol. The molecule has 15 nitrogen and oxygen atoms in total. The van der Waals surface area contributed by atoms with Crippen LogP contribution in [0.3, 0.4) is 0 Å². The molecule has 0 aliphatic rings. The van der Waals surface area contributed by atoms with E-state index in [1.807, 2.05) is 6.92 Å². The van der Waals surface area contributed by atoms with Crippen molar-refractivity contribution in [2.75, 3.05) is 159 Å². The molecule has 0 unspecified atom stereocenters. The van der Waals surface area contributed by atoms with Crippen LogP contribution in [0.15, 0.2) is 12.7 Å². The van der Waals surface area contributed by atoms with Crippen LogP contribution in [0.5, 0.6) is 0 Å². The van der Waals surface area contributed by atoms with E-state index in [0.29, 0.717) is 152 Å². The fraction of sp³-hybridized carbons (Fsp3) is 0.871. The molecule has 0 amide bonds. The molecule has 0 aliphatic carbocycles. The van der Waals surface area contributed by atoms with Crippen LogP contribution >= 0.6 is 0 Å². The van der Waals surface area contributed by atoms with Crippen LogP contribution in [0.25, 0.3) is 0 Å². The van der Waals surface area contributed by atoms with Crippen LogP contribution in [0, 0.1) is 0 Å². The van der Waals surface area contributed by atoms with Gasteiger partial charge >= 0.3 is 11.9 Å². The summed E-state index contributed by atoms with van der Waals surface area (Å²) in [5.74, 6) is -0.655. The smallest absolute Gasteiger partial charge is 0.330 e. The quantitative estimate of drug-likeness (QED) is 0.0523. The van der Waals surface area contributed by atoms with Gasteiger partial charge in [-0.25, -0.2) is 4.79 Å². The van der Waals surface area contributed by atoms with E-state index in [9.17, 15) is 9.59 Å². The maximum atomic E-state index is 11.2. The van der Waals surface area contributed by atoms with Crippen LogP contribution in [0.2, 0.25) is 0 Å². The topological polar surface area (TPSA) is 154 Å². The Kier molecular flexibility index (Phi) is 37.9. The van der Waals surface area contributed by atoms with Gasteiger partial charge in [0.05, 0.1) is 145 Å². The van der Waals surface area contributed by atoms with E-state index in [1.165, 1.54) is 0 Å². The van der Waals surface area contributed by atoms with Crippen LogP contribution in [-0.4, -0.2) is 171 Å². The number of rotatable bonds is 39. The van der Waals surface area contributed by atoms with Crippen molar-refractivity contribution in [1.29, 1.82) is 0 Å². The first-order valence-corrected chi connectivity index (χ1v) is 16.0. The summed E-state index contributed by atoms with van der Waals surface area (Å²) in [6.07, 6.45) is 2.33. The van der Waals surface area contributed by atoms with Crippen LogP contribution in [0.4, 0.5) is 0 Å². The molecule has 0 bridgehead atoms. The second-order valence-electron chi connectivity index (χ2n) is 9.08.